The molecule has 0 aromatic heterocycles. The van der Waals surface area contributed by atoms with Crippen LogP contribution in [0.4, 0.5) is 0 Å². The van der Waals surface area contributed by atoms with Crippen LogP contribution >= 0.6 is 0 Å². The van der Waals surface area contributed by atoms with Crippen LogP contribution in [0.15, 0.2) is 12.2 Å². The number of carbonyl (C=O) groups is 1. The summed E-state index contributed by atoms with van der Waals surface area (Å²) in [6.45, 7) is 4.98. The maximum atomic E-state index is 12.1. The first-order valence-corrected chi connectivity index (χ1v) is 6.71. The Kier molecular flexibility index (Phi) is 4.21. The maximum Gasteiger partial charge on any atom is 0.311 e. The molecule has 1 fully saturated rings. The van der Waals surface area contributed by atoms with Crippen LogP contribution in [0.1, 0.15) is 33.1 Å². The van der Waals surface area contributed by atoms with Crippen LogP contribution in [0, 0.1) is 17.8 Å². The molecule has 17 heavy (non-hydrogen) atoms. The summed E-state index contributed by atoms with van der Waals surface area (Å²) in [5.74, 6) is 0.917. The Labute approximate surface area is 103 Å². The zero-order chi connectivity index (χ0) is 12.3. The molecule has 0 bridgehead atoms. The number of ether oxygens (including phenoxy) is 2. The fourth-order valence-electron chi connectivity index (χ4n) is 3.27. The summed E-state index contributed by atoms with van der Waals surface area (Å²) in [5.41, 5.74) is 0. The lowest BCUT2D eigenvalue weighted by atomic mass is 9.81. The predicted molar refractivity (Wildman–Crippen MR) is 65.5 cm³/mol. The predicted octanol–water partition coefficient (Wildman–Crippen LogP) is 2.56. The molecule has 0 saturated heterocycles. The largest absolute Gasteiger partial charge is 0.466 e. The summed E-state index contributed by atoms with van der Waals surface area (Å²) >= 11 is 0. The van der Waals surface area contributed by atoms with E-state index in [0.29, 0.717) is 25.0 Å². The van der Waals surface area contributed by atoms with E-state index in [2.05, 4.69) is 12.2 Å². The van der Waals surface area contributed by atoms with Crippen molar-refractivity contribution in [3.63, 3.8) is 0 Å². The zero-order valence-electron chi connectivity index (χ0n) is 10.7. The van der Waals surface area contributed by atoms with Crippen molar-refractivity contribution in [1.82, 2.24) is 0 Å². The van der Waals surface area contributed by atoms with Gasteiger partial charge in [-0.3, -0.25) is 4.79 Å². The minimum Gasteiger partial charge on any atom is -0.466 e. The Morgan fingerprint density at radius 2 is 2.00 bits per heavy atom. The monoisotopic (exact) mass is 238 g/mol. The Balaban J connectivity index is 2.11. The standard InChI is InChI=1S/C14H22O3/c1-3-16-12-9-10-7-5-6-8-11(10)13(12)14(15)17-4-2/h5-6,10-13H,3-4,7-9H2,1-2H3. The van der Waals surface area contributed by atoms with Gasteiger partial charge in [-0.05, 0) is 44.9 Å². The number of hydrogen-bond donors (Lipinski definition) is 0. The third-order valence-electron chi connectivity index (χ3n) is 3.96. The molecule has 0 N–H and O–H groups in total. The number of hydrogen-bond acceptors (Lipinski definition) is 3. The molecular formula is C14H22O3. The lowest BCUT2D eigenvalue weighted by Gasteiger charge is -2.25. The van der Waals surface area contributed by atoms with E-state index >= 15 is 0 Å². The summed E-state index contributed by atoms with van der Waals surface area (Å²) in [4.78, 5) is 12.1. The van der Waals surface area contributed by atoms with Gasteiger partial charge in [-0.25, -0.2) is 0 Å². The lowest BCUT2D eigenvalue weighted by molar-refractivity contribution is -0.154. The third-order valence-corrected chi connectivity index (χ3v) is 3.96. The molecule has 3 heteroatoms. The summed E-state index contributed by atoms with van der Waals surface area (Å²) in [7, 11) is 0. The Hall–Kier alpha value is -0.830. The molecule has 4 atom stereocenters. The van der Waals surface area contributed by atoms with Gasteiger partial charge in [0.2, 0.25) is 0 Å². The van der Waals surface area contributed by atoms with Crippen molar-refractivity contribution in [1.29, 1.82) is 0 Å². The number of allylic oxidation sites excluding steroid dienone is 2. The first-order chi connectivity index (χ1) is 8.27. The number of carbonyl (C=O) groups excluding carboxylic acids is 1. The average Bonchev–Trinajstić information content (AvgIpc) is 2.67. The molecule has 2 rings (SSSR count). The van der Waals surface area contributed by atoms with Crippen molar-refractivity contribution in [2.24, 2.45) is 17.8 Å². The van der Waals surface area contributed by atoms with Gasteiger partial charge in [-0.2, -0.15) is 0 Å². The minimum atomic E-state index is -0.0613. The van der Waals surface area contributed by atoms with E-state index in [0.717, 1.165) is 19.3 Å². The van der Waals surface area contributed by atoms with E-state index in [4.69, 9.17) is 9.47 Å². The first-order valence-electron chi connectivity index (χ1n) is 6.71. The Morgan fingerprint density at radius 3 is 2.71 bits per heavy atom. The number of rotatable bonds is 4. The zero-order valence-corrected chi connectivity index (χ0v) is 10.7. The Morgan fingerprint density at radius 1 is 1.24 bits per heavy atom. The summed E-state index contributed by atoms with van der Waals surface area (Å²) in [6.07, 6.45) is 7.59. The van der Waals surface area contributed by atoms with Gasteiger partial charge in [0.25, 0.3) is 0 Å². The highest BCUT2D eigenvalue weighted by Gasteiger charge is 2.47. The van der Waals surface area contributed by atoms with Crippen LogP contribution < -0.4 is 0 Å². The molecule has 0 heterocycles. The highest BCUT2D eigenvalue weighted by atomic mass is 16.5. The smallest absolute Gasteiger partial charge is 0.311 e. The molecule has 0 radical (unpaired) electrons. The van der Waals surface area contributed by atoms with Crippen LogP contribution in [0.5, 0.6) is 0 Å². The van der Waals surface area contributed by atoms with Crippen molar-refractivity contribution in [3.8, 4) is 0 Å². The highest BCUT2D eigenvalue weighted by molar-refractivity contribution is 5.74. The van der Waals surface area contributed by atoms with Crippen LogP contribution in [0.3, 0.4) is 0 Å². The second kappa shape index (κ2) is 5.67. The molecule has 0 amide bonds. The van der Waals surface area contributed by atoms with Gasteiger partial charge >= 0.3 is 5.97 Å². The van der Waals surface area contributed by atoms with Crippen LogP contribution in [-0.4, -0.2) is 25.3 Å². The van der Waals surface area contributed by atoms with Gasteiger partial charge in [0.05, 0.1) is 18.6 Å². The topological polar surface area (TPSA) is 35.5 Å². The van der Waals surface area contributed by atoms with Crippen molar-refractivity contribution in [3.05, 3.63) is 12.2 Å². The van der Waals surface area contributed by atoms with Gasteiger partial charge in [0.15, 0.2) is 0 Å². The van der Waals surface area contributed by atoms with E-state index in [1.54, 1.807) is 0 Å². The highest BCUT2D eigenvalue weighted by Crippen LogP contribution is 2.45. The van der Waals surface area contributed by atoms with E-state index in [1.807, 2.05) is 13.8 Å². The maximum absolute atomic E-state index is 12.1. The van der Waals surface area contributed by atoms with E-state index in [9.17, 15) is 4.79 Å². The van der Waals surface area contributed by atoms with Crippen LogP contribution in [-0.2, 0) is 14.3 Å². The van der Waals surface area contributed by atoms with E-state index in [1.165, 1.54) is 0 Å². The summed E-state index contributed by atoms with van der Waals surface area (Å²) < 4.78 is 11.0. The second-order valence-electron chi connectivity index (χ2n) is 4.87. The Bertz CT molecular complexity index is 298. The molecular weight excluding hydrogens is 216 g/mol. The molecule has 0 aliphatic heterocycles. The molecule has 2 aliphatic carbocycles. The van der Waals surface area contributed by atoms with E-state index < -0.39 is 0 Å². The quantitative estimate of drug-likeness (QED) is 0.558. The molecule has 0 aromatic rings. The second-order valence-corrected chi connectivity index (χ2v) is 4.87. The van der Waals surface area contributed by atoms with Gasteiger partial charge in [0.1, 0.15) is 0 Å². The number of fused-ring (bicyclic) bond motifs is 1. The molecule has 2 aliphatic rings. The van der Waals surface area contributed by atoms with Crippen molar-refractivity contribution >= 4 is 5.97 Å². The number of esters is 1. The molecule has 1 saturated carbocycles. The van der Waals surface area contributed by atoms with Gasteiger partial charge in [0, 0.05) is 6.61 Å². The summed E-state index contributed by atoms with van der Waals surface area (Å²) in [6, 6.07) is 0. The van der Waals surface area contributed by atoms with Crippen LogP contribution in [0.2, 0.25) is 0 Å². The van der Waals surface area contributed by atoms with E-state index in [-0.39, 0.29) is 18.0 Å². The van der Waals surface area contributed by atoms with Crippen molar-refractivity contribution < 1.29 is 14.3 Å². The van der Waals surface area contributed by atoms with Crippen molar-refractivity contribution in [2.45, 2.75) is 39.2 Å². The molecule has 96 valence electrons. The fourth-order valence-corrected chi connectivity index (χ4v) is 3.27. The molecule has 4 unspecified atom stereocenters. The van der Waals surface area contributed by atoms with Crippen LogP contribution in [0.25, 0.3) is 0 Å². The first kappa shape index (κ1) is 12.6. The van der Waals surface area contributed by atoms with Gasteiger partial charge in [-0.1, -0.05) is 12.2 Å². The SMILES string of the molecule is CCOC(=O)C1C(OCC)CC2CC=CCC21. The fraction of sp³-hybridized carbons (Fsp3) is 0.786. The lowest BCUT2D eigenvalue weighted by Crippen LogP contribution is -2.32. The van der Waals surface area contributed by atoms with Gasteiger partial charge < -0.3 is 9.47 Å². The average molecular weight is 238 g/mol. The summed E-state index contributed by atoms with van der Waals surface area (Å²) in [5, 5.41) is 0. The molecule has 0 spiro atoms. The molecule has 3 nitrogen and oxygen atoms in total. The minimum absolute atomic E-state index is 0.0511. The van der Waals surface area contributed by atoms with Crippen molar-refractivity contribution in [2.75, 3.05) is 13.2 Å². The van der Waals surface area contributed by atoms with Gasteiger partial charge in [-0.15, -0.1) is 0 Å². The normalized spacial score (nSPS) is 35.6. The molecule has 0 aromatic carbocycles. The third kappa shape index (κ3) is 2.54.